The molecule has 0 N–H and O–H groups in total. The van der Waals surface area contributed by atoms with E-state index in [0.717, 1.165) is 18.3 Å². The van der Waals surface area contributed by atoms with Gasteiger partial charge in [0.2, 0.25) is 0 Å². The smallest absolute Gasteiger partial charge is 0.146 e. The Balaban J connectivity index is 2.40. The third-order valence-electron chi connectivity index (χ3n) is 2.39. The van der Waals surface area contributed by atoms with Gasteiger partial charge in [-0.05, 0) is 25.0 Å². The number of benzene rings is 1. The van der Waals surface area contributed by atoms with Gasteiger partial charge in [0.15, 0.2) is 0 Å². The summed E-state index contributed by atoms with van der Waals surface area (Å²) in [5.74, 6) is -0.138. The van der Waals surface area contributed by atoms with Crippen LogP contribution in [-0.4, -0.2) is 18.9 Å². The van der Waals surface area contributed by atoms with Gasteiger partial charge in [-0.15, -0.1) is 0 Å². The molecule has 0 fully saturated rings. The molecule has 0 saturated heterocycles. The minimum atomic E-state index is -0.138. The topological polar surface area (TPSA) is 3.24 Å². The molecule has 0 aromatic heterocycles. The fourth-order valence-electron chi connectivity index (χ4n) is 1.50. The fraction of sp³-hybridized carbons (Fsp3) is 0.500. The van der Waals surface area contributed by atoms with Crippen LogP contribution in [0.1, 0.15) is 19.3 Å². The lowest BCUT2D eigenvalue weighted by atomic mass is 10.2. The van der Waals surface area contributed by atoms with Crippen molar-refractivity contribution < 1.29 is 4.39 Å². The quantitative estimate of drug-likeness (QED) is 0.563. The Morgan fingerprint density at radius 2 is 1.93 bits per heavy atom. The Hall–Kier alpha value is -0.570. The molecule has 1 nitrogen and oxygen atoms in total. The number of nitrogens with zero attached hydrogens (tertiary/aromatic N) is 1. The van der Waals surface area contributed by atoms with Crippen LogP contribution in [0.5, 0.6) is 0 Å². The van der Waals surface area contributed by atoms with E-state index in [2.05, 4.69) is 15.9 Å². The van der Waals surface area contributed by atoms with Crippen LogP contribution in [0.3, 0.4) is 0 Å². The molecule has 0 spiro atoms. The molecule has 84 valence electrons. The first kappa shape index (κ1) is 12.5. The van der Waals surface area contributed by atoms with E-state index >= 15 is 0 Å². The molecular weight excluding hydrogens is 257 g/mol. The minimum absolute atomic E-state index is 0.138. The molecule has 0 atom stereocenters. The van der Waals surface area contributed by atoms with Gasteiger partial charge in [-0.3, -0.25) is 0 Å². The maximum absolute atomic E-state index is 13.4. The van der Waals surface area contributed by atoms with E-state index in [1.54, 1.807) is 6.07 Å². The van der Waals surface area contributed by atoms with Crippen LogP contribution >= 0.6 is 15.9 Å². The molecule has 0 saturated carbocycles. The normalized spacial score (nSPS) is 10.3. The SMILES string of the molecule is CN(CCCCCBr)c1ccccc1F. The average Bonchev–Trinajstić information content (AvgIpc) is 2.25. The van der Waals surface area contributed by atoms with Gasteiger partial charge in [0.1, 0.15) is 5.82 Å². The summed E-state index contributed by atoms with van der Waals surface area (Å²) in [6.45, 7) is 0.911. The lowest BCUT2D eigenvalue weighted by molar-refractivity contribution is 0.617. The highest BCUT2D eigenvalue weighted by atomic mass is 79.9. The lowest BCUT2D eigenvalue weighted by Gasteiger charge is -2.19. The molecular formula is C12H17BrFN. The third-order valence-corrected chi connectivity index (χ3v) is 2.95. The third kappa shape index (κ3) is 4.20. The van der Waals surface area contributed by atoms with Crippen molar-refractivity contribution in [2.45, 2.75) is 19.3 Å². The summed E-state index contributed by atoms with van der Waals surface area (Å²) in [5.41, 5.74) is 0.691. The highest BCUT2D eigenvalue weighted by molar-refractivity contribution is 9.09. The molecule has 15 heavy (non-hydrogen) atoms. The van der Waals surface area contributed by atoms with Crippen LogP contribution in [0, 0.1) is 5.82 Å². The van der Waals surface area contributed by atoms with Gasteiger partial charge in [0, 0.05) is 18.9 Å². The molecule has 1 aromatic rings. The van der Waals surface area contributed by atoms with Crippen molar-refractivity contribution >= 4 is 21.6 Å². The lowest BCUT2D eigenvalue weighted by Crippen LogP contribution is -2.19. The second-order valence-electron chi connectivity index (χ2n) is 3.62. The zero-order valence-electron chi connectivity index (χ0n) is 9.05. The number of unbranched alkanes of at least 4 members (excludes halogenated alkanes) is 2. The Morgan fingerprint density at radius 3 is 2.60 bits per heavy atom. The number of hydrogen-bond acceptors (Lipinski definition) is 1. The highest BCUT2D eigenvalue weighted by Gasteiger charge is 2.05. The van der Waals surface area contributed by atoms with E-state index in [1.807, 2.05) is 24.1 Å². The number of para-hydroxylation sites is 1. The van der Waals surface area contributed by atoms with Gasteiger partial charge in [0.05, 0.1) is 5.69 Å². The summed E-state index contributed by atoms with van der Waals surface area (Å²) in [7, 11) is 1.94. The molecule has 0 aliphatic carbocycles. The van der Waals surface area contributed by atoms with Crippen LogP contribution in [0.4, 0.5) is 10.1 Å². The van der Waals surface area contributed by atoms with Crippen molar-refractivity contribution in [2.24, 2.45) is 0 Å². The second kappa shape index (κ2) is 6.83. The number of rotatable bonds is 6. The average molecular weight is 274 g/mol. The Bertz CT molecular complexity index is 291. The Kier molecular flexibility index (Phi) is 5.69. The molecule has 0 amide bonds. The van der Waals surface area contributed by atoms with Crippen LogP contribution in [-0.2, 0) is 0 Å². The van der Waals surface area contributed by atoms with Gasteiger partial charge >= 0.3 is 0 Å². The predicted octanol–water partition coefficient (Wildman–Crippen LogP) is 3.83. The van der Waals surface area contributed by atoms with Crippen LogP contribution in [0.2, 0.25) is 0 Å². The van der Waals surface area contributed by atoms with Gasteiger partial charge in [-0.25, -0.2) is 4.39 Å². The van der Waals surface area contributed by atoms with Gasteiger partial charge in [-0.1, -0.05) is 34.5 Å². The first-order chi connectivity index (χ1) is 7.25. The molecule has 0 radical (unpaired) electrons. The molecule has 1 aromatic carbocycles. The monoisotopic (exact) mass is 273 g/mol. The van der Waals surface area contributed by atoms with Crippen LogP contribution in [0.25, 0.3) is 0 Å². The molecule has 0 aliphatic heterocycles. The van der Waals surface area contributed by atoms with E-state index in [1.165, 1.54) is 18.9 Å². The predicted molar refractivity (Wildman–Crippen MR) is 67.3 cm³/mol. The van der Waals surface area contributed by atoms with Gasteiger partial charge in [0.25, 0.3) is 0 Å². The molecule has 1 rings (SSSR count). The van der Waals surface area contributed by atoms with E-state index in [0.29, 0.717) is 5.69 Å². The van der Waals surface area contributed by atoms with E-state index in [9.17, 15) is 4.39 Å². The summed E-state index contributed by atoms with van der Waals surface area (Å²) in [4.78, 5) is 1.98. The Labute approximate surface area is 99.4 Å². The molecule has 0 heterocycles. The van der Waals surface area contributed by atoms with Crippen molar-refractivity contribution in [3.8, 4) is 0 Å². The maximum atomic E-state index is 13.4. The fourth-order valence-corrected chi connectivity index (χ4v) is 1.90. The zero-order valence-corrected chi connectivity index (χ0v) is 10.6. The van der Waals surface area contributed by atoms with Gasteiger partial charge < -0.3 is 4.90 Å². The summed E-state index contributed by atoms with van der Waals surface area (Å²) < 4.78 is 13.4. The largest absolute Gasteiger partial charge is 0.372 e. The van der Waals surface area contributed by atoms with Crippen LogP contribution < -0.4 is 4.90 Å². The summed E-state index contributed by atoms with van der Waals surface area (Å²) in [6, 6.07) is 6.91. The van der Waals surface area contributed by atoms with Crippen molar-refractivity contribution in [3.63, 3.8) is 0 Å². The maximum Gasteiger partial charge on any atom is 0.146 e. The highest BCUT2D eigenvalue weighted by Crippen LogP contribution is 2.17. The summed E-state index contributed by atoms with van der Waals surface area (Å²) >= 11 is 3.40. The van der Waals surface area contributed by atoms with E-state index in [-0.39, 0.29) is 5.82 Å². The molecule has 3 heteroatoms. The standard InChI is InChI=1S/C12H17BrFN/c1-15(10-6-2-5-9-13)12-8-4-3-7-11(12)14/h3-4,7-8H,2,5-6,9-10H2,1H3. The number of hydrogen-bond donors (Lipinski definition) is 0. The second-order valence-corrected chi connectivity index (χ2v) is 4.42. The molecule has 0 unspecified atom stereocenters. The summed E-state index contributed by atoms with van der Waals surface area (Å²) in [6.07, 6.45) is 3.48. The first-order valence-corrected chi connectivity index (χ1v) is 6.39. The number of halogens is 2. The van der Waals surface area contributed by atoms with E-state index in [4.69, 9.17) is 0 Å². The van der Waals surface area contributed by atoms with Crippen molar-refractivity contribution in [2.75, 3.05) is 23.8 Å². The minimum Gasteiger partial charge on any atom is -0.372 e. The number of anilines is 1. The molecule has 0 bridgehead atoms. The van der Waals surface area contributed by atoms with Crippen molar-refractivity contribution in [3.05, 3.63) is 30.1 Å². The van der Waals surface area contributed by atoms with E-state index < -0.39 is 0 Å². The number of alkyl halides is 1. The first-order valence-electron chi connectivity index (χ1n) is 5.27. The van der Waals surface area contributed by atoms with Crippen molar-refractivity contribution in [1.29, 1.82) is 0 Å². The van der Waals surface area contributed by atoms with Gasteiger partial charge in [-0.2, -0.15) is 0 Å². The summed E-state index contributed by atoms with van der Waals surface area (Å²) in [5, 5.41) is 1.05. The molecule has 0 aliphatic rings. The van der Waals surface area contributed by atoms with Crippen LogP contribution in [0.15, 0.2) is 24.3 Å². The Morgan fingerprint density at radius 1 is 1.20 bits per heavy atom. The van der Waals surface area contributed by atoms with Crippen molar-refractivity contribution in [1.82, 2.24) is 0 Å². The zero-order chi connectivity index (χ0) is 11.1.